The molecule has 124 valence electrons. The highest BCUT2D eigenvalue weighted by Gasteiger charge is 1.96. The molecule has 0 fully saturated rings. The summed E-state index contributed by atoms with van der Waals surface area (Å²) < 4.78 is 0. The lowest BCUT2D eigenvalue weighted by molar-refractivity contribution is -0.137. The summed E-state index contributed by atoms with van der Waals surface area (Å²) in [6.45, 7) is 4.53. The van der Waals surface area contributed by atoms with Gasteiger partial charge in [-0.15, -0.1) is 0 Å². The summed E-state index contributed by atoms with van der Waals surface area (Å²) in [4.78, 5) is 10.4. The van der Waals surface area contributed by atoms with Crippen LogP contribution >= 0.6 is 0 Å². The molecule has 0 amide bonds. The normalized spacial score (nSPS) is 11.8. The van der Waals surface area contributed by atoms with Crippen LogP contribution in [0.5, 0.6) is 0 Å². The number of carboxylic acid groups (broad SMARTS) is 1. The van der Waals surface area contributed by atoms with Crippen molar-refractivity contribution in [2.75, 3.05) is 0 Å². The van der Waals surface area contributed by atoms with E-state index in [1.807, 2.05) is 0 Å². The van der Waals surface area contributed by atoms with Gasteiger partial charge in [0.25, 0.3) is 0 Å². The van der Waals surface area contributed by atoms with E-state index in [1.165, 1.54) is 70.6 Å². The standard InChI is InChI=1S/C19H36O2/c1-3-4-5-6-9-12-15-18(2)16-13-10-7-8-11-14-17-19(20)21/h16H,3-15,17H2,1-2H3,(H,20,21). The van der Waals surface area contributed by atoms with E-state index in [4.69, 9.17) is 5.11 Å². The number of allylic oxidation sites excluding steroid dienone is 2. The van der Waals surface area contributed by atoms with Crippen LogP contribution in [0, 0.1) is 0 Å². The van der Waals surface area contributed by atoms with Crippen molar-refractivity contribution in [2.45, 2.75) is 104 Å². The first-order chi connectivity index (χ1) is 10.2. The van der Waals surface area contributed by atoms with Gasteiger partial charge in [0, 0.05) is 6.42 Å². The van der Waals surface area contributed by atoms with Crippen LogP contribution < -0.4 is 0 Å². The Morgan fingerprint density at radius 2 is 1.33 bits per heavy atom. The zero-order valence-electron chi connectivity index (χ0n) is 14.3. The largest absolute Gasteiger partial charge is 0.481 e. The molecule has 0 aliphatic heterocycles. The van der Waals surface area contributed by atoms with Gasteiger partial charge < -0.3 is 5.11 Å². The molecule has 0 aliphatic carbocycles. The van der Waals surface area contributed by atoms with E-state index >= 15 is 0 Å². The monoisotopic (exact) mass is 296 g/mol. The van der Waals surface area contributed by atoms with E-state index in [9.17, 15) is 4.79 Å². The lowest BCUT2D eigenvalue weighted by atomic mass is 10.0. The second kappa shape index (κ2) is 15.6. The molecule has 21 heavy (non-hydrogen) atoms. The van der Waals surface area contributed by atoms with E-state index in [1.54, 1.807) is 5.57 Å². The molecular formula is C19H36O2. The fourth-order valence-corrected chi connectivity index (χ4v) is 2.59. The van der Waals surface area contributed by atoms with Crippen molar-refractivity contribution in [3.05, 3.63) is 11.6 Å². The molecular weight excluding hydrogens is 260 g/mol. The molecule has 2 nitrogen and oxygen atoms in total. The van der Waals surface area contributed by atoms with Crippen LogP contribution in [-0.4, -0.2) is 11.1 Å². The van der Waals surface area contributed by atoms with Gasteiger partial charge in [-0.3, -0.25) is 4.79 Å². The summed E-state index contributed by atoms with van der Waals surface area (Å²) in [7, 11) is 0. The number of unbranched alkanes of at least 4 members (excludes halogenated alkanes) is 10. The molecule has 0 saturated heterocycles. The second-order valence-corrected chi connectivity index (χ2v) is 6.27. The van der Waals surface area contributed by atoms with Gasteiger partial charge >= 0.3 is 5.97 Å². The Balaban J connectivity index is 3.29. The quantitative estimate of drug-likeness (QED) is 0.277. The summed E-state index contributed by atoms with van der Waals surface area (Å²) in [5, 5.41) is 8.54. The third kappa shape index (κ3) is 17.2. The molecule has 0 aromatic rings. The van der Waals surface area contributed by atoms with Crippen LogP contribution in [0.3, 0.4) is 0 Å². The van der Waals surface area contributed by atoms with Gasteiger partial charge in [-0.25, -0.2) is 0 Å². The van der Waals surface area contributed by atoms with Crippen molar-refractivity contribution >= 4 is 5.97 Å². The van der Waals surface area contributed by atoms with E-state index < -0.39 is 5.97 Å². The zero-order valence-corrected chi connectivity index (χ0v) is 14.3. The maximum Gasteiger partial charge on any atom is 0.303 e. The molecule has 0 rings (SSSR count). The first kappa shape index (κ1) is 20.2. The average Bonchev–Trinajstić information content (AvgIpc) is 2.45. The number of rotatable bonds is 15. The zero-order chi connectivity index (χ0) is 15.8. The van der Waals surface area contributed by atoms with Crippen LogP contribution in [0.15, 0.2) is 11.6 Å². The third-order valence-corrected chi connectivity index (χ3v) is 4.01. The van der Waals surface area contributed by atoms with Crippen LogP contribution in [0.1, 0.15) is 104 Å². The van der Waals surface area contributed by atoms with Crippen molar-refractivity contribution in [1.82, 2.24) is 0 Å². The van der Waals surface area contributed by atoms with Crippen LogP contribution in [0.2, 0.25) is 0 Å². The highest BCUT2D eigenvalue weighted by Crippen LogP contribution is 2.13. The lowest BCUT2D eigenvalue weighted by Crippen LogP contribution is -1.93. The minimum atomic E-state index is -0.664. The molecule has 0 saturated carbocycles. The van der Waals surface area contributed by atoms with Gasteiger partial charge in [0.05, 0.1) is 0 Å². The van der Waals surface area contributed by atoms with Gasteiger partial charge in [-0.05, 0) is 39.0 Å². The molecule has 0 bridgehead atoms. The number of carboxylic acids is 1. The van der Waals surface area contributed by atoms with Crippen LogP contribution in [0.4, 0.5) is 0 Å². The highest BCUT2D eigenvalue weighted by atomic mass is 16.4. The number of hydrogen-bond acceptors (Lipinski definition) is 1. The highest BCUT2D eigenvalue weighted by molar-refractivity contribution is 5.66. The summed E-state index contributed by atoms with van der Waals surface area (Å²) in [6, 6.07) is 0. The Kier molecular flexibility index (Phi) is 15.0. The molecule has 0 aliphatic rings. The van der Waals surface area contributed by atoms with Crippen molar-refractivity contribution in [1.29, 1.82) is 0 Å². The predicted octanol–water partition coefficient (Wildman–Crippen LogP) is 6.50. The van der Waals surface area contributed by atoms with Crippen LogP contribution in [-0.2, 0) is 4.79 Å². The predicted molar refractivity (Wildman–Crippen MR) is 91.7 cm³/mol. The van der Waals surface area contributed by atoms with E-state index in [2.05, 4.69) is 19.9 Å². The summed E-state index contributed by atoms with van der Waals surface area (Å²) in [5.74, 6) is -0.664. The van der Waals surface area contributed by atoms with E-state index in [0.717, 1.165) is 12.8 Å². The molecule has 1 N–H and O–H groups in total. The molecule has 0 atom stereocenters. The molecule has 0 aromatic carbocycles. The van der Waals surface area contributed by atoms with Gasteiger partial charge in [0.1, 0.15) is 0 Å². The number of aliphatic carboxylic acids is 1. The van der Waals surface area contributed by atoms with Crippen molar-refractivity contribution in [3.8, 4) is 0 Å². The van der Waals surface area contributed by atoms with Gasteiger partial charge in [-0.2, -0.15) is 0 Å². The van der Waals surface area contributed by atoms with Gasteiger partial charge in [0.2, 0.25) is 0 Å². The fraction of sp³-hybridized carbons (Fsp3) is 0.842. The molecule has 2 heteroatoms. The van der Waals surface area contributed by atoms with E-state index in [0.29, 0.717) is 6.42 Å². The maximum absolute atomic E-state index is 10.4. The molecule has 0 heterocycles. The smallest absolute Gasteiger partial charge is 0.303 e. The Hall–Kier alpha value is -0.790. The Morgan fingerprint density at radius 3 is 1.95 bits per heavy atom. The summed E-state index contributed by atoms with van der Waals surface area (Å²) in [5.41, 5.74) is 1.55. The van der Waals surface area contributed by atoms with E-state index in [-0.39, 0.29) is 0 Å². The minimum Gasteiger partial charge on any atom is -0.481 e. The number of hydrogen-bond donors (Lipinski definition) is 1. The Morgan fingerprint density at radius 1 is 0.810 bits per heavy atom. The van der Waals surface area contributed by atoms with Crippen molar-refractivity contribution in [3.63, 3.8) is 0 Å². The molecule has 0 spiro atoms. The maximum atomic E-state index is 10.4. The second-order valence-electron chi connectivity index (χ2n) is 6.27. The van der Waals surface area contributed by atoms with Gasteiger partial charge in [-0.1, -0.05) is 69.9 Å². The average molecular weight is 296 g/mol. The fourth-order valence-electron chi connectivity index (χ4n) is 2.59. The first-order valence-electron chi connectivity index (χ1n) is 9.04. The molecule has 0 radical (unpaired) electrons. The first-order valence-corrected chi connectivity index (χ1v) is 9.04. The van der Waals surface area contributed by atoms with Crippen LogP contribution in [0.25, 0.3) is 0 Å². The topological polar surface area (TPSA) is 37.3 Å². The Labute approximate surface area is 132 Å². The summed E-state index contributed by atoms with van der Waals surface area (Å²) in [6.07, 6.45) is 19.0. The van der Waals surface area contributed by atoms with Crippen molar-refractivity contribution in [2.24, 2.45) is 0 Å². The van der Waals surface area contributed by atoms with Crippen molar-refractivity contribution < 1.29 is 9.90 Å². The number of carbonyl (C=O) groups is 1. The third-order valence-electron chi connectivity index (χ3n) is 4.01. The molecule has 0 aromatic heterocycles. The molecule has 0 unspecified atom stereocenters. The lowest BCUT2D eigenvalue weighted by Gasteiger charge is -2.03. The SMILES string of the molecule is CCCCCCCCC(C)=CCCCCCCCC(=O)O. The Bertz CT molecular complexity index is 269. The van der Waals surface area contributed by atoms with Gasteiger partial charge in [0.15, 0.2) is 0 Å². The summed E-state index contributed by atoms with van der Waals surface area (Å²) >= 11 is 0. The minimum absolute atomic E-state index is 0.331.